The summed E-state index contributed by atoms with van der Waals surface area (Å²) in [5.41, 5.74) is 1.21. The van der Waals surface area contributed by atoms with Gasteiger partial charge in [0.25, 0.3) is 0 Å². The summed E-state index contributed by atoms with van der Waals surface area (Å²) >= 11 is 6.23. The van der Waals surface area contributed by atoms with Crippen LogP contribution < -0.4 is 9.64 Å². The normalized spacial score (nSPS) is 12.1. The van der Waals surface area contributed by atoms with Gasteiger partial charge in [-0.25, -0.2) is 9.97 Å². The van der Waals surface area contributed by atoms with Crippen LogP contribution in [0.4, 0.5) is 5.69 Å². The monoisotopic (exact) mass is 616 g/mol. The van der Waals surface area contributed by atoms with Crippen molar-refractivity contribution in [1.29, 1.82) is 0 Å². The van der Waals surface area contributed by atoms with E-state index in [0.717, 1.165) is 7.11 Å². The lowest BCUT2D eigenvalue weighted by Gasteiger charge is -2.26. The van der Waals surface area contributed by atoms with E-state index in [4.69, 9.17) is 26.2 Å². The molecule has 43 heavy (non-hydrogen) atoms. The molecular formula is C31H41ClN4O7. The third-order valence-electron chi connectivity index (χ3n) is 5.66. The molecule has 12 heteroatoms. The Hall–Kier alpha value is -3.87. The number of anilines is 1. The number of amides is 1. The van der Waals surface area contributed by atoms with Crippen molar-refractivity contribution in [2.45, 2.75) is 60.0 Å². The smallest absolute Gasteiger partial charge is 0.351 e. The molecule has 0 saturated heterocycles. The number of aliphatic hydroxyl groups excluding tert-OH is 1. The fraction of sp³-hybridized carbons (Fsp3) is 0.355. The number of aromatic nitrogens is 3. The molecule has 234 valence electrons. The second-order valence-corrected chi connectivity index (χ2v) is 9.85. The predicted octanol–water partition coefficient (Wildman–Crippen LogP) is 4.87. The zero-order valence-electron chi connectivity index (χ0n) is 26.0. The molecule has 3 aromatic rings. The van der Waals surface area contributed by atoms with Crippen LogP contribution in [-0.2, 0) is 21.1 Å². The molecule has 0 fully saturated rings. The lowest BCUT2D eigenvalue weighted by Crippen LogP contribution is -2.29. The first-order valence-corrected chi connectivity index (χ1v) is 13.7. The zero-order valence-corrected chi connectivity index (χ0v) is 26.7. The molecule has 0 bridgehead atoms. The van der Waals surface area contributed by atoms with Crippen LogP contribution in [0.15, 0.2) is 71.4 Å². The van der Waals surface area contributed by atoms with Crippen molar-refractivity contribution in [2.24, 2.45) is 0 Å². The van der Waals surface area contributed by atoms with Crippen molar-refractivity contribution in [1.82, 2.24) is 15.0 Å². The molecule has 0 spiro atoms. The van der Waals surface area contributed by atoms with Crippen LogP contribution in [0, 0.1) is 6.92 Å². The lowest BCUT2D eigenvalue weighted by atomic mass is 10.1. The van der Waals surface area contributed by atoms with E-state index < -0.39 is 11.6 Å². The summed E-state index contributed by atoms with van der Waals surface area (Å²) in [5.74, 6) is -2.19. The van der Waals surface area contributed by atoms with Gasteiger partial charge in [0, 0.05) is 31.3 Å². The Labute approximate surface area is 257 Å². The average Bonchev–Trinajstić information content (AvgIpc) is 2.99. The number of ether oxygens (including phenoxy) is 2. The fourth-order valence-electron chi connectivity index (χ4n) is 3.54. The van der Waals surface area contributed by atoms with E-state index in [1.165, 1.54) is 43.3 Å². The molecule has 11 nitrogen and oxygen atoms in total. The largest absolute Gasteiger partial charge is 0.497 e. The van der Waals surface area contributed by atoms with Crippen molar-refractivity contribution in [3.05, 3.63) is 88.3 Å². The minimum atomic E-state index is -2.74. The lowest BCUT2D eigenvalue weighted by molar-refractivity contribution is -0.331. The Balaban J connectivity index is 0.00000221. The Morgan fingerprint density at radius 2 is 1.67 bits per heavy atom. The molecule has 0 radical (unpaired) electrons. The maximum absolute atomic E-state index is 12.3. The first-order valence-electron chi connectivity index (χ1n) is 13.3. The van der Waals surface area contributed by atoms with Gasteiger partial charge in [0.05, 0.1) is 34.8 Å². The number of pyridine rings is 1. The summed E-state index contributed by atoms with van der Waals surface area (Å²) in [6.07, 6.45) is 5.13. The zero-order chi connectivity index (χ0) is 33.0. The summed E-state index contributed by atoms with van der Waals surface area (Å²) in [6.45, 7) is 12.1. The molecule has 0 unspecified atom stereocenters. The van der Waals surface area contributed by atoms with Gasteiger partial charge < -0.3 is 29.9 Å². The van der Waals surface area contributed by atoms with Crippen LogP contribution in [0.1, 0.15) is 58.5 Å². The molecule has 0 aliphatic rings. The number of nitrogens with zero attached hydrogens (tertiary/aromatic N) is 4. The number of aryl methyl sites for hydroxylation is 1. The van der Waals surface area contributed by atoms with E-state index in [1.807, 2.05) is 13.8 Å². The van der Waals surface area contributed by atoms with Gasteiger partial charge in [0.15, 0.2) is 5.82 Å². The number of carbonyl (C=O) groups excluding carboxylic acids is 1. The van der Waals surface area contributed by atoms with E-state index in [9.17, 15) is 20.1 Å². The standard InChI is InChI=1S/C28H31ClN4O6.C2H6.CH4O/c1-17-15-31-23(22-10-11-30-26(32-22)27(4,5)35)14-24(17)33(16-34)18(2)12-25(19(3)29)39-28(36,37)20-8-7-9-21(13-20)38-6;2*1-2/h7-16,35-37H,1-6H3;1-2H3;2H,1H3/b18-12-,25-19-;;. The summed E-state index contributed by atoms with van der Waals surface area (Å²) in [4.78, 5) is 26.6. The summed E-state index contributed by atoms with van der Waals surface area (Å²) in [5, 5.41) is 38.7. The number of carbonyl (C=O) groups is 1. The Morgan fingerprint density at radius 1 is 1.02 bits per heavy atom. The van der Waals surface area contributed by atoms with Gasteiger partial charge in [-0.3, -0.25) is 14.7 Å². The van der Waals surface area contributed by atoms with Crippen molar-refractivity contribution in [3.63, 3.8) is 0 Å². The fourth-order valence-corrected chi connectivity index (χ4v) is 3.63. The third kappa shape index (κ3) is 10.1. The van der Waals surface area contributed by atoms with Gasteiger partial charge in [-0.15, -0.1) is 0 Å². The van der Waals surface area contributed by atoms with Crippen molar-refractivity contribution < 1.29 is 34.7 Å². The van der Waals surface area contributed by atoms with Crippen LogP contribution >= 0.6 is 11.6 Å². The Kier molecular flexibility index (Phi) is 14.4. The van der Waals surface area contributed by atoms with Crippen LogP contribution in [0.5, 0.6) is 5.75 Å². The number of hydrogen-bond acceptors (Lipinski definition) is 10. The number of halogens is 1. The maximum Gasteiger partial charge on any atom is 0.351 e. The maximum atomic E-state index is 12.3. The van der Waals surface area contributed by atoms with E-state index in [1.54, 1.807) is 58.2 Å². The van der Waals surface area contributed by atoms with Gasteiger partial charge in [-0.05, 0) is 70.5 Å². The molecule has 1 aromatic carbocycles. The second kappa shape index (κ2) is 16.7. The molecule has 0 aliphatic heterocycles. The quantitative estimate of drug-likeness (QED) is 0.107. The van der Waals surface area contributed by atoms with Crippen LogP contribution in [0.3, 0.4) is 0 Å². The van der Waals surface area contributed by atoms with Crippen LogP contribution in [0.25, 0.3) is 11.4 Å². The number of rotatable bonds is 10. The highest BCUT2D eigenvalue weighted by Gasteiger charge is 2.31. The number of methoxy groups -OCH3 is 1. The van der Waals surface area contributed by atoms with Crippen molar-refractivity contribution in [3.8, 4) is 17.1 Å². The van der Waals surface area contributed by atoms with E-state index in [2.05, 4.69) is 15.0 Å². The third-order valence-corrected chi connectivity index (χ3v) is 5.85. The molecule has 0 saturated carbocycles. The van der Waals surface area contributed by atoms with Gasteiger partial charge in [0.1, 0.15) is 17.1 Å². The van der Waals surface area contributed by atoms with E-state index >= 15 is 0 Å². The van der Waals surface area contributed by atoms with E-state index in [0.29, 0.717) is 40.5 Å². The number of aliphatic hydroxyl groups is 4. The minimum absolute atomic E-state index is 0.0143. The molecule has 0 atom stereocenters. The molecule has 1 amide bonds. The molecular weight excluding hydrogens is 576 g/mol. The van der Waals surface area contributed by atoms with Gasteiger partial charge in [-0.2, -0.15) is 0 Å². The highest BCUT2D eigenvalue weighted by Crippen LogP contribution is 2.31. The second-order valence-electron chi connectivity index (χ2n) is 9.28. The Morgan fingerprint density at radius 3 is 2.23 bits per heavy atom. The van der Waals surface area contributed by atoms with Crippen LogP contribution in [-0.4, -0.2) is 56.0 Å². The molecule has 0 aliphatic carbocycles. The topological polar surface area (TPSA) is 158 Å². The van der Waals surface area contributed by atoms with Gasteiger partial charge >= 0.3 is 5.97 Å². The van der Waals surface area contributed by atoms with Crippen molar-refractivity contribution >= 4 is 23.7 Å². The van der Waals surface area contributed by atoms with Gasteiger partial charge in [-0.1, -0.05) is 31.5 Å². The number of benzene rings is 1. The average molecular weight is 617 g/mol. The van der Waals surface area contributed by atoms with Crippen molar-refractivity contribution in [2.75, 3.05) is 19.1 Å². The molecule has 3 rings (SSSR count). The molecule has 2 heterocycles. The number of hydrogen-bond donors (Lipinski definition) is 4. The molecule has 4 N–H and O–H groups in total. The van der Waals surface area contributed by atoms with Gasteiger partial charge in [0.2, 0.25) is 6.41 Å². The predicted molar refractivity (Wildman–Crippen MR) is 166 cm³/mol. The first-order chi connectivity index (χ1) is 20.3. The molecule has 2 aromatic heterocycles. The summed E-state index contributed by atoms with van der Waals surface area (Å²) in [7, 11) is 2.45. The Bertz CT molecular complexity index is 1420. The van der Waals surface area contributed by atoms with Crippen LogP contribution in [0.2, 0.25) is 0 Å². The summed E-state index contributed by atoms with van der Waals surface area (Å²) < 4.78 is 10.6. The minimum Gasteiger partial charge on any atom is -0.497 e. The first kappa shape index (κ1) is 37.2. The van der Waals surface area contributed by atoms with E-state index in [-0.39, 0.29) is 22.2 Å². The number of allylic oxidation sites excluding steroid dienone is 3. The SMILES string of the molecule is CC.CO.COc1cccc(C(O)(O)OC(/C=C(/C)N(C=O)c2cc(-c3ccnc(C(C)(C)O)n3)ncc2C)=C(/C)Cl)c1. The highest BCUT2D eigenvalue weighted by molar-refractivity contribution is 6.29. The highest BCUT2D eigenvalue weighted by atomic mass is 35.5. The summed E-state index contributed by atoms with van der Waals surface area (Å²) in [6, 6.07) is 9.42.